The lowest BCUT2D eigenvalue weighted by Crippen LogP contribution is -2.39. The van der Waals surface area contributed by atoms with Crippen molar-refractivity contribution in [2.45, 2.75) is 24.5 Å². The third-order valence-corrected chi connectivity index (χ3v) is 8.72. The number of esters is 1. The van der Waals surface area contributed by atoms with Gasteiger partial charge in [0.15, 0.2) is 4.80 Å². The highest BCUT2D eigenvalue weighted by molar-refractivity contribution is 7.98. The molecule has 0 amide bonds. The van der Waals surface area contributed by atoms with Gasteiger partial charge in [0, 0.05) is 4.90 Å². The Labute approximate surface area is 239 Å². The molecule has 0 fully saturated rings. The fourth-order valence-corrected chi connectivity index (χ4v) is 6.45. The number of nitrogens with zero attached hydrogens (tertiary/aromatic N) is 2. The Morgan fingerprint density at radius 1 is 0.975 bits per heavy atom. The van der Waals surface area contributed by atoms with Gasteiger partial charge in [-0.2, -0.15) is 0 Å². The van der Waals surface area contributed by atoms with Crippen molar-refractivity contribution in [3.05, 3.63) is 145 Å². The molecule has 1 aliphatic rings. The fraction of sp³-hybridized carbons (Fsp3) is 0.121. The number of thiazole rings is 1. The van der Waals surface area contributed by atoms with Gasteiger partial charge in [-0.05, 0) is 58.9 Å². The van der Waals surface area contributed by atoms with Crippen molar-refractivity contribution < 1.29 is 9.53 Å². The van der Waals surface area contributed by atoms with Crippen LogP contribution in [0.4, 0.5) is 0 Å². The Balaban J connectivity index is 1.48. The van der Waals surface area contributed by atoms with Crippen LogP contribution >= 0.6 is 23.1 Å². The molecule has 1 aliphatic heterocycles. The number of carbonyl (C=O) groups is 1. The molecule has 5 aromatic rings. The van der Waals surface area contributed by atoms with Gasteiger partial charge >= 0.3 is 5.97 Å². The van der Waals surface area contributed by atoms with Gasteiger partial charge in [0.1, 0.15) is 6.61 Å². The Morgan fingerprint density at radius 2 is 1.70 bits per heavy atom. The first-order valence-electron chi connectivity index (χ1n) is 12.9. The molecule has 6 rings (SSSR count). The Morgan fingerprint density at radius 3 is 2.48 bits per heavy atom. The van der Waals surface area contributed by atoms with E-state index in [0.717, 1.165) is 32.4 Å². The summed E-state index contributed by atoms with van der Waals surface area (Å²) in [6, 6.07) is 31.1. The van der Waals surface area contributed by atoms with Crippen LogP contribution in [0.25, 0.3) is 16.8 Å². The second-order valence-electron chi connectivity index (χ2n) is 9.49. The van der Waals surface area contributed by atoms with E-state index in [4.69, 9.17) is 9.73 Å². The summed E-state index contributed by atoms with van der Waals surface area (Å²) in [7, 11) is 0. The normalized spacial score (nSPS) is 15.2. The van der Waals surface area contributed by atoms with Crippen molar-refractivity contribution in [1.29, 1.82) is 0 Å². The van der Waals surface area contributed by atoms with E-state index >= 15 is 0 Å². The molecule has 2 heterocycles. The van der Waals surface area contributed by atoms with Gasteiger partial charge in [-0.3, -0.25) is 9.36 Å². The van der Waals surface area contributed by atoms with Crippen LogP contribution < -0.4 is 14.9 Å². The molecule has 0 bridgehead atoms. The van der Waals surface area contributed by atoms with E-state index in [-0.39, 0.29) is 12.2 Å². The second kappa shape index (κ2) is 11.1. The minimum absolute atomic E-state index is 0.139. The lowest BCUT2D eigenvalue weighted by Gasteiger charge is -2.25. The zero-order valence-corrected chi connectivity index (χ0v) is 23.7. The lowest BCUT2D eigenvalue weighted by molar-refractivity contribution is -0.140. The van der Waals surface area contributed by atoms with E-state index in [1.165, 1.54) is 11.3 Å². The summed E-state index contributed by atoms with van der Waals surface area (Å²) in [5, 5.41) is 2.18. The average molecular weight is 563 g/mol. The van der Waals surface area contributed by atoms with E-state index in [9.17, 15) is 9.59 Å². The van der Waals surface area contributed by atoms with Crippen LogP contribution in [0.5, 0.6) is 0 Å². The summed E-state index contributed by atoms with van der Waals surface area (Å²) in [4.78, 5) is 34.0. The topological polar surface area (TPSA) is 60.7 Å². The van der Waals surface area contributed by atoms with Crippen LogP contribution in [0.15, 0.2) is 123 Å². The summed E-state index contributed by atoms with van der Waals surface area (Å²) < 4.78 is 7.96. The van der Waals surface area contributed by atoms with Crippen molar-refractivity contribution in [1.82, 2.24) is 4.57 Å². The molecule has 0 saturated heterocycles. The summed E-state index contributed by atoms with van der Waals surface area (Å²) in [6.45, 7) is 1.95. The van der Waals surface area contributed by atoms with E-state index in [2.05, 4.69) is 18.2 Å². The van der Waals surface area contributed by atoms with Gasteiger partial charge < -0.3 is 4.74 Å². The molecule has 4 aromatic carbocycles. The first-order chi connectivity index (χ1) is 19.5. The molecule has 0 saturated carbocycles. The molecule has 40 heavy (non-hydrogen) atoms. The first-order valence-corrected chi connectivity index (χ1v) is 14.9. The molecule has 5 nitrogen and oxygen atoms in total. The maximum absolute atomic E-state index is 14.0. The standard InChI is InChI=1S/C33H26N2O3S2/c1-21-29(32(37)38-20-22-9-4-3-5-10-22)30(24-15-17-26(39-2)18-16-24)35-31(36)28(40-33(35)34-21)19-25-13-8-12-23-11-6-7-14-27(23)25/h3-19,30H,20H2,1-2H3. The van der Waals surface area contributed by atoms with Crippen molar-refractivity contribution in [2.75, 3.05) is 6.26 Å². The first kappa shape index (κ1) is 26.0. The van der Waals surface area contributed by atoms with E-state index in [1.807, 2.05) is 98.1 Å². The minimum Gasteiger partial charge on any atom is -0.457 e. The highest BCUT2D eigenvalue weighted by Gasteiger charge is 2.33. The van der Waals surface area contributed by atoms with Crippen molar-refractivity contribution in [3.63, 3.8) is 0 Å². The van der Waals surface area contributed by atoms with Crippen molar-refractivity contribution in [3.8, 4) is 0 Å². The molecule has 1 unspecified atom stereocenters. The van der Waals surface area contributed by atoms with E-state index in [1.54, 1.807) is 16.3 Å². The smallest absolute Gasteiger partial charge is 0.338 e. The number of carbonyl (C=O) groups excluding carboxylic acids is 1. The third-order valence-electron chi connectivity index (χ3n) is 7.00. The summed E-state index contributed by atoms with van der Waals surface area (Å²) >= 11 is 2.98. The van der Waals surface area contributed by atoms with Gasteiger partial charge in [-0.25, -0.2) is 9.79 Å². The van der Waals surface area contributed by atoms with E-state index < -0.39 is 12.0 Å². The van der Waals surface area contributed by atoms with Gasteiger partial charge in [0.05, 0.1) is 21.8 Å². The second-order valence-corrected chi connectivity index (χ2v) is 11.4. The number of hydrogen-bond acceptors (Lipinski definition) is 6. The number of allylic oxidation sites excluding steroid dienone is 1. The van der Waals surface area contributed by atoms with Gasteiger partial charge in [0.25, 0.3) is 5.56 Å². The van der Waals surface area contributed by atoms with Crippen LogP contribution in [0.2, 0.25) is 0 Å². The SMILES string of the molecule is CSc1ccc(C2C(C(=O)OCc3ccccc3)=C(C)N=c3sc(=Cc4cccc5ccccc45)c(=O)n32)cc1. The number of benzene rings is 4. The predicted molar refractivity (Wildman–Crippen MR) is 162 cm³/mol. The molecule has 1 aromatic heterocycles. The maximum Gasteiger partial charge on any atom is 0.338 e. The Hall–Kier alpha value is -4.20. The molecule has 198 valence electrons. The Bertz CT molecular complexity index is 1930. The summed E-state index contributed by atoms with van der Waals surface area (Å²) in [5.74, 6) is -0.479. The van der Waals surface area contributed by atoms with Crippen LogP contribution in [-0.2, 0) is 16.1 Å². The number of thioether (sulfide) groups is 1. The van der Waals surface area contributed by atoms with Gasteiger partial charge in [-0.1, -0.05) is 96.3 Å². The van der Waals surface area contributed by atoms with Gasteiger partial charge in [0.2, 0.25) is 0 Å². The number of aromatic nitrogens is 1. The zero-order valence-electron chi connectivity index (χ0n) is 22.0. The van der Waals surface area contributed by atoms with Crippen LogP contribution in [0, 0.1) is 0 Å². The molecule has 1 atom stereocenters. The highest BCUT2D eigenvalue weighted by atomic mass is 32.2. The minimum atomic E-state index is -0.648. The molecular weight excluding hydrogens is 537 g/mol. The average Bonchev–Trinajstić information content (AvgIpc) is 3.29. The fourth-order valence-electron chi connectivity index (χ4n) is 5.00. The quantitative estimate of drug-likeness (QED) is 0.192. The number of rotatable bonds is 6. The molecule has 0 spiro atoms. The molecule has 7 heteroatoms. The number of hydrogen-bond donors (Lipinski definition) is 0. The maximum atomic E-state index is 14.0. The highest BCUT2D eigenvalue weighted by Crippen LogP contribution is 2.32. The van der Waals surface area contributed by atoms with Crippen LogP contribution in [0.3, 0.4) is 0 Å². The van der Waals surface area contributed by atoms with Crippen LogP contribution in [-0.4, -0.2) is 16.8 Å². The number of fused-ring (bicyclic) bond motifs is 2. The molecule has 0 aliphatic carbocycles. The van der Waals surface area contributed by atoms with Crippen LogP contribution in [0.1, 0.15) is 29.7 Å². The predicted octanol–water partition coefficient (Wildman–Crippen LogP) is 5.85. The van der Waals surface area contributed by atoms with Crippen molar-refractivity contribution in [2.24, 2.45) is 4.99 Å². The third kappa shape index (κ3) is 4.94. The number of ether oxygens (including phenoxy) is 1. The monoisotopic (exact) mass is 562 g/mol. The molecule has 0 radical (unpaired) electrons. The molecular formula is C33H26N2O3S2. The molecule has 0 N–H and O–H groups in total. The summed E-state index contributed by atoms with van der Waals surface area (Å²) in [6.07, 6.45) is 3.94. The summed E-state index contributed by atoms with van der Waals surface area (Å²) in [5.41, 5.74) is 3.42. The zero-order chi connectivity index (χ0) is 27.6. The Kier molecular flexibility index (Phi) is 7.24. The van der Waals surface area contributed by atoms with E-state index in [0.29, 0.717) is 20.6 Å². The lowest BCUT2D eigenvalue weighted by atomic mass is 9.96. The van der Waals surface area contributed by atoms with Gasteiger partial charge in [-0.15, -0.1) is 11.8 Å². The van der Waals surface area contributed by atoms with Crippen molar-refractivity contribution >= 4 is 45.9 Å². The largest absolute Gasteiger partial charge is 0.457 e.